The van der Waals surface area contributed by atoms with Crippen molar-refractivity contribution in [3.8, 4) is 0 Å². The second kappa shape index (κ2) is 9.14. The molecule has 2 aromatic rings. The van der Waals surface area contributed by atoms with Crippen molar-refractivity contribution in [1.29, 1.82) is 0 Å². The lowest BCUT2D eigenvalue weighted by Gasteiger charge is -2.10. The molecule has 0 aliphatic rings. The Balaban J connectivity index is 1.92. The van der Waals surface area contributed by atoms with Crippen LogP contribution in [0.3, 0.4) is 0 Å². The number of nitrogens with one attached hydrogen (secondary N) is 3. The summed E-state index contributed by atoms with van der Waals surface area (Å²) in [4.78, 5) is 31.5. The molecule has 9 heteroatoms. The van der Waals surface area contributed by atoms with Crippen LogP contribution in [0.15, 0.2) is 48.8 Å². The number of hydrogen-bond donors (Lipinski definition) is 5. The Labute approximate surface area is 150 Å². The number of aromatic nitrogens is 2. The van der Waals surface area contributed by atoms with E-state index in [4.69, 9.17) is 11.6 Å². The van der Waals surface area contributed by atoms with Gasteiger partial charge in [-0.2, -0.15) is 0 Å². The minimum Gasteiger partial charge on any atom is -0.382 e. The topological polar surface area (TPSA) is 148 Å². The minimum atomic E-state index is -0.364. The zero-order chi connectivity index (χ0) is 18.9. The van der Waals surface area contributed by atoms with Crippen molar-refractivity contribution in [3.63, 3.8) is 0 Å². The van der Waals surface area contributed by atoms with Crippen molar-refractivity contribution in [2.45, 2.75) is 19.4 Å². The first kappa shape index (κ1) is 18.9. The molecule has 0 bridgehead atoms. The van der Waals surface area contributed by atoms with Gasteiger partial charge in [-0.25, -0.2) is 10.8 Å². The fourth-order valence-corrected chi connectivity index (χ4v) is 2.07. The highest BCUT2D eigenvalue weighted by Gasteiger charge is 2.10. The summed E-state index contributed by atoms with van der Waals surface area (Å²) < 4.78 is 0. The summed E-state index contributed by atoms with van der Waals surface area (Å²) in [5, 5.41) is 5.86. The minimum absolute atomic E-state index is 0.0980. The first-order valence-electron chi connectivity index (χ1n) is 7.87. The average molecular weight is 355 g/mol. The van der Waals surface area contributed by atoms with Gasteiger partial charge in [-0.3, -0.25) is 20.0 Å². The molecule has 2 heterocycles. The molecule has 136 valence electrons. The van der Waals surface area contributed by atoms with Gasteiger partial charge in [0.15, 0.2) is 0 Å². The summed E-state index contributed by atoms with van der Waals surface area (Å²) in [6.45, 7) is 4.10. The van der Waals surface area contributed by atoms with Gasteiger partial charge >= 0.3 is 0 Å². The molecule has 0 saturated heterocycles. The average Bonchev–Trinajstić information content (AvgIpc) is 2.65. The molecule has 0 aromatic carbocycles. The van der Waals surface area contributed by atoms with E-state index in [1.165, 1.54) is 0 Å². The largest absolute Gasteiger partial charge is 0.382 e. The van der Waals surface area contributed by atoms with Gasteiger partial charge in [-0.05, 0) is 30.7 Å². The van der Waals surface area contributed by atoms with Crippen molar-refractivity contribution in [2.75, 3.05) is 16.4 Å². The fourth-order valence-electron chi connectivity index (χ4n) is 2.07. The van der Waals surface area contributed by atoms with Crippen LogP contribution < -0.4 is 27.6 Å². The normalized spacial score (nSPS) is 10.0. The number of pyridine rings is 2. The van der Waals surface area contributed by atoms with E-state index in [1.807, 2.05) is 11.5 Å². The van der Waals surface area contributed by atoms with Crippen molar-refractivity contribution < 1.29 is 9.59 Å². The first-order chi connectivity index (χ1) is 12.5. The SMILES string of the molecule is C=C(CCC(=O)NN)C(=O)Nc1ccnc(CNc2cccnc2N)c1. The molecule has 0 saturated carbocycles. The maximum Gasteiger partial charge on any atom is 0.250 e. The quantitative estimate of drug-likeness (QED) is 0.205. The van der Waals surface area contributed by atoms with E-state index in [2.05, 4.69) is 27.2 Å². The maximum atomic E-state index is 12.1. The fraction of sp³-hybridized carbons (Fsp3) is 0.176. The second-order valence-electron chi connectivity index (χ2n) is 5.45. The number of nitrogens with zero attached hydrogens (tertiary/aromatic N) is 2. The lowest BCUT2D eigenvalue weighted by molar-refractivity contribution is -0.121. The summed E-state index contributed by atoms with van der Waals surface area (Å²) in [5.41, 5.74) is 10.1. The van der Waals surface area contributed by atoms with E-state index in [0.717, 1.165) is 0 Å². The zero-order valence-electron chi connectivity index (χ0n) is 14.2. The number of amides is 2. The molecule has 0 atom stereocenters. The van der Waals surface area contributed by atoms with Crippen LogP contribution >= 0.6 is 0 Å². The van der Waals surface area contributed by atoms with Crippen molar-refractivity contribution in [2.24, 2.45) is 5.84 Å². The van der Waals surface area contributed by atoms with Gasteiger partial charge < -0.3 is 16.4 Å². The molecule has 0 unspecified atom stereocenters. The molecule has 9 nitrogen and oxygen atoms in total. The molecule has 2 rings (SSSR count). The van der Waals surface area contributed by atoms with Gasteiger partial charge in [0.2, 0.25) is 5.91 Å². The van der Waals surface area contributed by atoms with Crippen molar-refractivity contribution in [1.82, 2.24) is 15.4 Å². The van der Waals surface area contributed by atoms with Crippen LogP contribution in [-0.4, -0.2) is 21.8 Å². The molecule has 26 heavy (non-hydrogen) atoms. The zero-order valence-corrected chi connectivity index (χ0v) is 14.2. The number of carbonyl (C=O) groups is 2. The highest BCUT2D eigenvalue weighted by atomic mass is 16.2. The highest BCUT2D eigenvalue weighted by molar-refractivity contribution is 6.03. The summed E-state index contributed by atoms with van der Waals surface area (Å²) in [6.07, 6.45) is 3.51. The number of hydrogen-bond acceptors (Lipinski definition) is 7. The van der Waals surface area contributed by atoms with Gasteiger partial charge in [0.1, 0.15) is 5.82 Å². The third-order valence-electron chi connectivity index (χ3n) is 3.51. The number of nitrogens with two attached hydrogens (primary N) is 2. The number of nitrogen functional groups attached to an aromatic ring is 1. The van der Waals surface area contributed by atoms with Gasteiger partial charge in [-0.1, -0.05) is 6.58 Å². The Hall–Kier alpha value is -3.46. The molecule has 2 amide bonds. The van der Waals surface area contributed by atoms with Crippen LogP contribution in [0.5, 0.6) is 0 Å². The maximum absolute atomic E-state index is 12.1. The third kappa shape index (κ3) is 5.56. The summed E-state index contributed by atoms with van der Waals surface area (Å²) in [5.74, 6) is 4.68. The Morgan fingerprint density at radius 3 is 2.69 bits per heavy atom. The van der Waals surface area contributed by atoms with E-state index in [9.17, 15) is 9.59 Å². The van der Waals surface area contributed by atoms with Gasteiger partial charge in [0.05, 0.1) is 17.9 Å². The van der Waals surface area contributed by atoms with Crippen LogP contribution in [-0.2, 0) is 16.1 Å². The van der Waals surface area contributed by atoms with E-state index in [-0.39, 0.29) is 30.2 Å². The number of carbonyl (C=O) groups excluding carboxylic acids is 2. The van der Waals surface area contributed by atoms with Crippen molar-refractivity contribution in [3.05, 3.63) is 54.5 Å². The number of anilines is 3. The molecule has 0 aliphatic carbocycles. The van der Waals surface area contributed by atoms with Gasteiger partial charge in [0, 0.05) is 30.1 Å². The van der Waals surface area contributed by atoms with E-state index in [1.54, 1.807) is 30.6 Å². The smallest absolute Gasteiger partial charge is 0.250 e. The number of hydrazine groups is 1. The Bertz CT molecular complexity index is 807. The van der Waals surface area contributed by atoms with Crippen LogP contribution in [0.1, 0.15) is 18.5 Å². The molecule has 0 fully saturated rings. The summed E-state index contributed by atoms with van der Waals surface area (Å²) in [6, 6.07) is 6.99. The van der Waals surface area contributed by atoms with E-state index < -0.39 is 0 Å². The lowest BCUT2D eigenvalue weighted by atomic mass is 10.1. The molecular formula is C17H21N7O2. The molecule has 0 spiro atoms. The Morgan fingerprint density at radius 2 is 1.96 bits per heavy atom. The predicted molar refractivity (Wildman–Crippen MR) is 99.5 cm³/mol. The molecule has 2 aromatic heterocycles. The van der Waals surface area contributed by atoms with Crippen LogP contribution in [0.25, 0.3) is 0 Å². The van der Waals surface area contributed by atoms with E-state index in [0.29, 0.717) is 29.4 Å². The van der Waals surface area contributed by atoms with Crippen LogP contribution in [0.4, 0.5) is 17.2 Å². The standard InChI is InChI=1S/C17H21N7O2/c1-11(4-5-15(25)24-19)17(26)23-12-6-8-20-13(9-12)10-22-14-3-2-7-21-16(14)18/h2-3,6-9,22H,1,4-5,10,19H2,(H2,18,21)(H,24,25)(H,20,23,26). The third-order valence-corrected chi connectivity index (χ3v) is 3.51. The lowest BCUT2D eigenvalue weighted by Crippen LogP contribution is -2.30. The molecule has 0 aliphatic heterocycles. The second-order valence-corrected chi connectivity index (χ2v) is 5.45. The van der Waals surface area contributed by atoms with Crippen LogP contribution in [0.2, 0.25) is 0 Å². The van der Waals surface area contributed by atoms with Crippen LogP contribution in [0, 0.1) is 0 Å². The van der Waals surface area contributed by atoms with Crippen molar-refractivity contribution >= 4 is 29.0 Å². The Kier molecular flexibility index (Phi) is 6.63. The molecule has 0 radical (unpaired) electrons. The Morgan fingerprint density at radius 1 is 1.15 bits per heavy atom. The molecular weight excluding hydrogens is 334 g/mol. The van der Waals surface area contributed by atoms with Gasteiger partial charge in [-0.15, -0.1) is 0 Å². The highest BCUT2D eigenvalue weighted by Crippen LogP contribution is 2.16. The molecule has 7 N–H and O–H groups in total. The summed E-state index contributed by atoms with van der Waals surface area (Å²) >= 11 is 0. The predicted octanol–water partition coefficient (Wildman–Crippen LogP) is 0.936. The van der Waals surface area contributed by atoms with E-state index >= 15 is 0 Å². The first-order valence-corrected chi connectivity index (χ1v) is 7.87. The number of rotatable bonds is 8. The monoisotopic (exact) mass is 355 g/mol. The summed E-state index contributed by atoms with van der Waals surface area (Å²) in [7, 11) is 0. The van der Waals surface area contributed by atoms with Gasteiger partial charge in [0.25, 0.3) is 5.91 Å².